The molecule has 2 aromatic rings. The van der Waals surface area contributed by atoms with Crippen LogP contribution in [0.15, 0.2) is 35.3 Å². The van der Waals surface area contributed by atoms with Crippen LogP contribution in [0.1, 0.15) is 29.7 Å². The van der Waals surface area contributed by atoms with Gasteiger partial charge in [0.1, 0.15) is 0 Å². The van der Waals surface area contributed by atoms with E-state index in [4.69, 9.17) is 0 Å². The Hall–Kier alpha value is -1.19. The predicted octanol–water partition coefficient (Wildman–Crippen LogP) is 3.34. The SMILES string of the molecule is CCNC(Cc1ccsc1)c1ccncc1C. The van der Waals surface area contributed by atoms with Gasteiger partial charge in [-0.25, -0.2) is 0 Å². The van der Waals surface area contributed by atoms with E-state index in [0.29, 0.717) is 6.04 Å². The summed E-state index contributed by atoms with van der Waals surface area (Å²) in [5.41, 5.74) is 4.01. The monoisotopic (exact) mass is 246 g/mol. The maximum absolute atomic E-state index is 4.16. The second-order valence-electron chi connectivity index (χ2n) is 4.18. The summed E-state index contributed by atoms with van der Waals surface area (Å²) in [4.78, 5) is 4.16. The smallest absolute Gasteiger partial charge is 0.0364 e. The molecule has 0 aliphatic rings. The average molecular weight is 246 g/mol. The molecule has 2 rings (SSSR count). The molecule has 3 heteroatoms. The van der Waals surface area contributed by atoms with Crippen molar-refractivity contribution in [2.75, 3.05) is 6.54 Å². The van der Waals surface area contributed by atoms with Gasteiger partial charge < -0.3 is 5.32 Å². The minimum absolute atomic E-state index is 0.387. The number of aromatic nitrogens is 1. The van der Waals surface area contributed by atoms with Crippen LogP contribution in [0.25, 0.3) is 0 Å². The number of hydrogen-bond donors (Lipinski definition) is 1. The minimum Gasteiger partial charge on any atom is -0.310 e. The fourth-order valence-electron chi connectivity index (χ4n) is 2.06. The molecule has 0 radical (unpaired) electrons. The number of pyridine rings is 1. The summed E-state index contributed by atoms with van der Waals surface area (Å²) in [5.74, 6) is 0. The zero-order chi connectivity index (χ0) is 12.1. The van der Waals surface area contributed by atoms with Gasteiger partial charge in [0.15, 0.2) is 0 Å². The zero-order valence-electron chi connectivity index (χ0n) is 10.3. The molecule has 0 bridgehead atoms. The van der Waals surface area contributed by atoms with Gasteiger partial charge in [-0.05, 0) is 59.5 Å². The lowest BCUT2D eigenvalue weighted by molar-refractivity contribution is 0.547. The summed E-state index contributed by atoms with van der Waals surface area (Å²) >= 11 is 1.76. The zero-order valence-corrected chi connectivity index (χ0v) is 11.1. The summed E-state index contributed by atoms with van der Waals surface area (Å²) in [6.45, 7) is 5.26. The van der Waals surface area contributed by atoms with Crippen LogP contribution in [0.3, 0.4) is 0 Å². The molecule has 17 heavy (non-hydrogen) atoms. The molecule has 2 heterocycles. The standard InChI is InChI=1S/C14H18N2S/c1-3-16-14(8-12-5-7-17-10-12)13-4-6-15-9-11(13)2/h4-7,9-10,14,16H,3,8H2,1-2H3. The van der Waals surface area contributed by atoms with E-state index in [1.807, 2.05) is 12.4 Å². The van der Waals surface area contributed by atoms with Gasteiger partial charge in [0, 0.05) is 18.4 Å². The lowest BCUT2D eigenvalue weighted by Crippen LogP contribution is -2.23. The van der Waals surface area contributed by atoms with Crippen molar-refractivity contribution in [3.05, 3.63) is 52.0 Å². The van der Waals surface area contributed by atoms with Crippen LogP contribution in [0.2, 0.25) is 0 Å². The number of aryl methyl sites for hydroxylation is 1. The van der Waals surface area contributed by atoms with E-state index in [1.54, 1.807) is 11.3 Å². The molecular weight excluding hydrogens is 228 g/mol. The van der Waals surface area contributed by atoms with E-state index < -0.39 is 0 Å². The van der Waals surface area contributed by atoms with Crippen LogP contribution in [0, 0.1) is 6.92 Å². The van der Waals surface area contributed by atoms with E-state index in [2.05, 4.69) is 47.0 Å². The molecule has 0 aliphatic carbocycles. The van der Waals surface area contributed by atoms with Crippen LogP contribution < -0.4 is 5.32 Å². The summed E-state index contributed by atoms with van der Waals surface area (Å²) in [7, 11) is 0. The number of nitrogens with one attached hydrogen (secondary N) is 1. The molecule has 1 N–H and O–H groups in total. The topological polar surface area (TPSA) is 24.9 Å². The van der Waals surface area contributed by atoms with Crippen LogP contribution in [0.5, 0.6) is 0 Å². The first-order valence-corrected chi connectivity index (χ1v) is 6.90. The lowest BCUT2D eigenvalue weighted by atomic mass is 9.98. The second kappa shape index (κ2) is 5.94. The highest BCUT2D eigenvalue weighted by molar-refractivity contribution is 7.07. The van der Waals surface area contributed by atoms with E-state index >= 15 is 0 Å². The molecule has 0 saturated heterocycles. The Labute approximate surface area is 107 Å². The van der Waals surface area contributed by atoms with E-state index in [0.717, 1.165) is 13.0 Å². The number of likely N-dealkylation sites (N-methyl/N-ethyl adjacent to an activating group) is 1. The largest absolute Gasteiger partial charge is 0.310 e. The number of hydrogen-bond acceptors (Lipinski definition) is 3. The van der Waals surface area contributed by atoms with Crippen LogP contribution in [0.4, 0.5) is 0 Å². The van der Waals surface area contributed by atoms with Crippen LogP contribution in [-0.4, -0.2) is 11.5 Å². The van der Waals surface area contributed by atoms with Gasteiger partial charge in [-0.1, -0.05) is 6.92 Å². The Morgan fingerprint density at radius 1 is 1.41 bits per heavy atom. The highest BCUT2D eigenvalue weighted by Gasteiger charge is 2.13. The molecule has 0 saturated carbocycles. The van der Waals surface area contributed by atoms with Crippen molar-refractivity contribution in [1.29, 1.82) is 0 Å². The number of nitrogens with zero attached hydrogens (tertiary/aromatic N) is 1. The fourth-order valence-corrected chi connectivity index (χ4v) is 2.74. The first-order valence-electron chi connectivity index (χ1n) is 5.96. The Kier molecular flexibility index (Phi) is 4.29. The predicted molar refractivity (Wildman–Crippen MR) is 73.4 cm³/mol. The Morgan fingerprint density at radius 3 is 2.94 bits per heavy atom. The summed E-state index contributed by atoms with van der Waals surface area (Å²) in [5, 5.41) is 7.91. The quantitative estimate of drug-likeness (QED) is 0.875. The molecule has 0 fully saturated rings. The molecule has 90 valence electrons. The second-order valence-corrected chi connectivity index (χ2v) is 4.96. The Morgan fingerprint density at radius 2 is 2.29 bits per heavy atom. The van der Waals surface area contributed by atoms with Gasteiger partial charge in [0.25, 0.3) is 0 Å². The van der Waals surface area contributed by atoms with E-state index in [-0.39, 0.29) is 0 Å². The maximum Gasteiger partial charge on any atom is 0.0364 e. The number of thiophene rings is 1. The summed E-state index contributed by atoms with van der Waals surface area (Å²) in [6, 6.07) is 4.71. The van der Waals surface area contributed by atoms with Gasteiger partial charge in [0.05, 0.1) is 0 Å². The van der Waals surface area contributed by atoms with Gasteiger partial charge in [-0.2, -0.15) is 11.3 Å². The van der Waals surface area contributed by atoms with Gasteiger partial charge in [0.2, 0.25) is 0 Å². The normalized spacial score (nSPS) is 12.6. The third-order valence-electron chi connectivity index (χ3n) is 2.91. The van der Waals surface area contributed by atoms with Crippen molar-refractivity contribution in [2.24, 2.45) is 0 Å². The molecule has 1 atom stereocenters. The van der Waals surface area contributed by atoms with E-state index in [1.165, 1.54) is 16.7 Å². The Bertz CT molecular complexity index is 451. The summed E-state index contributed by atoms with van der Waals surface area (Å²) in [6.07, 6.45) is 4.86. The lowest BCUT2D eigenvalue weighted by Gasteiger charge is -2.19. The molecule has 0 aromatic carbocycles. The highest BCUT2D eigenvalue weighted by Crippen LogP contribution is 2.22. The first-order chi connectivity index (χ1) is 8.31. The molecule has 0 amide bonds. The Balaban J connectivity index is 2.20. The molecule has 2 nitrogen and oxygen atoms in total. The van der Waals surface area contributed by atoms with Gasteiger partial charge in [-0.3, -0.25) is 4.98 Å². The molecular formula is C14H18N2S. The van der Waals surface area contributed by atoms with Crippen molar-refractivity contribution in [1.82, 2.24) is 10.3 Å². The third kappa shape index (κ3) is 3.14. The van der Waals surface area contributed by atoms with E-state index in [9.17, 15) is 0 Å². The van der Waals surface area contributed by atoms with Crippen molar-refractivity contribution in [2.45, 2.75) is 26.3 Å². The van der Waals surface area contributed by atoms with Gasteiger partial charge in [-0.15, -0.1) is 0 Å². The van der Waals surface area contributed by atoms with Crippen molar-refractivity contribution in [3.8, 4) is 0 Å². The molecule has 0 aliphatic heterocycles. The number of rotatable bonds is 5. The summed E-state index contributed by atoms with van der Waals surface area (Å²) < 4.78 is 0. The van der Waals surface area contributed by atoms with Crippen LogP contribution in [-0.2, 0) is 6.42 Å². The third-order valence-corrected chi connectivity index (χ3v) is 3.64. The maximum atomic E-state index is 4.16. The molecule has 0 spiro atoms. The van der Waals surface area contributed by atoms with Crippen molar-refractivity contribution >= 4 is 11.3 Å². The molecule has 2 aromatic heterocycles. The minimum atomic E-state index is 0.387. The fraction of sp³-hybridized carbons (Fsp3) is 0.357. The average Bonchev–Trinajstić information content (AvgIpc) is 2.82. The molecule has 1 unspecified atom stereocenters. The van der Waals surface area contributed by atoms with Crippen molar-refractivity contribution in [3.63, 3.8) is 0 Å². The van der Waals surface area contributed by atoms with Crippen molar-refractivity contribution < 1.29 is 0 Å². The van der Waals surface area contributed by atoms with Gasteiger partial charge >= 0.3 is 0 Å². The first kappa shape index (κ1) is 12.3. The van der Waals surface area contributed by atoms with Crippen LogP contribution >= 0.6 is 11.3 Å². The highest BCUT2D eigenvalue weighted by atomic mass is 32.1.